The highest BCUT2D eigenvalue weighted by molar-refractivity contribution is 5.75. The van der Waals surface area contributed by atoms with Crippen molar-refractivity contribution in [1.82, 2.24) is 25.0 Å². The van der Waals surface area contributed by atoms with Crippen LogP contribution in [-0.2, 0) is 9.53 Å². The van der Waals surface area contributed by atoms with E-state index in [-0.39, 0.29) is 23.7 Å². The van der Waals surface area contributed by atoms with Gasteiger partial charge in [-0.05, 0) is 37.8 Å². The zero-order valence-corrected chi connectivity index (χ0v) is 14.8. The number of benzene rings is 1. The summed E-state index contributed by atoms with van der Waals surface area (Å²) in [7, 11) is 1.41. The molecule has 4 rings (SSSR count). The van der Waals surface area contributed by atoms with Gasteiger partial charge in [-0.25, -0.2) is 9.37 Å². The number of hydrogen-bond donors (Lipinski definition) is 1. The minimum Gasteiger partial charge on any atom is -0.469 e. The van der Waals surface area contributed by atoms with Gasteiger partial charge >= 0.3 is 5.97 Å². The van der Waals surface area contributed by atoms with Crippen molar-refractivity contribution < 1.29 is 13.9 Å². The summed E-state index contributed by atoms with van der Waals surface area (Å²) in [5.41, 5.74) is 1.32. The largest absolute Gasteiger partial charge is 0.469 e. The number of halogens is 1. The summed E-state index contributed by atoms with van der Waals surface area (Å²) in [6.07, 6.45) is 4.20. The highest BCUT2D eigenvalue weighted by atomic mass is 19.1. The van der Waals surface area contributed by atoms with Gasteiger partial charge in [0.2, 0.25) is 5.95 Å². The minimum atomic E-state index is -0.578. The number of fused-ring (bicyclic) bond motifs is 1. The molecule has 3 aromatic rings. The Morgan fingerprint density at radius 1 is 1.26 bits per heavy atom. The standard InChI is InChI=1S/C18H19FN6O2/c1-27-17(26)11-6-8-12(9-7-11)21-18-20-10-13(19)16(22-18)25-15-5-3-2-4-14(15)23-24-25/h2-5,10-12H,6-9H2,1H3,(H,20,21,22). The smallest absolute Gasteiger partial charge is 0.308 e. The molecule has 1 saturated carbocycles. The van der Waals surface area contributed by atoms with Crippen molar-refractivity contribution in [2.75, 3.05) is 12.4 Å². The zero-order chi connectivity index (χ0) is 18.8. The van der Waals surface area contributed by atoms with E-state index in [1.807, 2.05) is 12.1 Å². The van der Waals surface area contributed by atoms with E-state index in [9.17, 15) is 9.18 Å². The van der Waals surface area contributed by atoms with Crippen LogP contribution >= 0.6 is 0 Å². The van der Waals surface area contributed by atoms with Crippen molar-refractivity contribution >= 4 is 23.0 Å². The molecule has 27 heavy (non-hydrogen) atoms. The molecule has 0 bridgehead atoms. The number of esters is 1. The normalized spacial score (nSPS) is 19.8. The number of para-hydroxylation sites is 1. The molecule has 8 nitrogen and oxygen atoms in total. The monoisotopic (exact) mass is 370 g/mol. The summed E-state index contributed by atoms with van der Waals surface area (Å²) < 4.78 is 20.5. The molecule has 0 aliphatic heterocycles. The van der Waals surface area contributed by atoms with Gasteiger partial charge in [0.05, 0.1) is 24.7 Å². The SMILES string of the molecule is COC(=O)C1CCC(Nc2ncc(F)c(-n3nnc4ccccc43)n2)CC1. The zero-order valence-electron chi connectivity index (χ0n) is 14.8. The summed E-state index contributed by atoms with van der Waals surface area (Å²) in [6, 6.07) is 7.40. The number of anilines is 1. The lowest BCUT2D eigenvalue weighted by Gasteiger charge is -2.27. The highest BCUT2D eigenvalue weighted by Gasteiger charge is 2.27. The van der Waals surface area contributed by atoms with Crippen LogP contribution in [0.4, 0.5) is 10.3 Å². The van der Waals surface area contributed by atoms with E-state index in [1.165, 1.54) is 11.8 Å². The lowest BCUT2D eigenvalue weighted by molar-refractivity contribution is -0.146. The average Bonchev–Trinajstić information content (AvgIpc) is 3.13. The first-order chi connectivity index (χ1) is 13.2. The van der Waals surface area contributed by atoms with Gasteiger partial charge in [0.1, 0.15) is 5.52 Å². The van der Waals surface area contributed by atoms with Crippen LogP contribution < -0.4 is 5.32 Å². The van der Waals surface area contributed by atoms with E-state index in [1.54, 1.807) is 12.1 Å². The summed E-state index contributed by atoms with van der Waals surface area (Å²) in [4.78, 5) is 20.0. The third-order valence-electron chi connectivity index (χ3n) is 4.87. The van der Waals surface area contributed by atoms with Crippen LogP contribution in [0, 0.1) is 11.7 Å². The highest BCUT2D eigenvalue weighted by Crippen LogP contribution is 2.27. The Balaban J connectivity index is 1.53. The quantitative estimate of drug-likeness (QED) is 0.705. The molecular weight excluding hydrogens is 351 g/mol. The number of hydrogen-bond acceptors (Lipinski definition) is 7. The predicted molar refractivity (Wildman–Crippen MR) is 95.8 cm³/mol. The molecule has 2 heterocycles. The van der Waals surface area contributed by atoms with Crippen LogP contribution in [0.25, 0.3) is 16.9 Å². The third-order valence-corrected chi connectivity index (χ3v) is 4.87. The second-order valence-electron chi connectivity index (χ2n) is 6.57. The predicted octanol–water partition coefficient (Wildman–Crippen LogP) is 2.49. The summed E-state index contributed by atoms with van der Waals surface area (Å²) in [5.74, 6) is -0.423. The van der Waals surface area contributed by atoms with Crippen molar-refractivity contribution in [3.63, 3.8) is 0 Å². The molecule has 2 aromatic heterocycles. The summed E-state index contributed by atoms with van der Waals surface area (Å²) >= 11 is 0. The Hall–Kier alpha value is -3.10. The molecule has 1 aliphatic rings. The molecule has 140 valence electrons. The minimum absolute atomic E-state index is 0.0458. The molecular formula is C18H19FN6O2. The van der Waals surface area contributed by atoms with E-state index >= 15 is 0 Å². The van der Waals surface area contributed by atoms with Crippen LogP contribution in [0.5, 0.6) is 0 Å². The van der Waals surface area contributed by atoms with Crippen molar-refractivity contribution in [3.8, 4) is 5.82 Å². The molecule has 1 N–H and O–H groups in total. The van der Waals surface area contributed by atoms with E-state index in [0.717, 1.165) is 31.9 Å². The average molecular weight is 370 g/mol. The van der Waals surface area contributed by atoms with E-state index < -0.39 is 5.82 Å². The molecule has 0 unspecified atom stereocenters. The molecule has 0 atom stereocenters. The second kappa shape index (κ2) is 7.26. The van der Waals surface area contributed by atoms with Crippen LogP contribution in [0.3, 0.4) is 0 Å². The second-order valence-corrected chi connectivity index (χ2v) is 6.57. The first-order valence-corrected chi connectivity index (χ1v) is 8.83. The topological polar surface area (TPSA) is 94.8 Å². The molecule has 1 aliphatic carbocycles. The Bertz CT molecular complexity index is 967. The summed E-state index contributed by atoms with van der Waals surface area (Å²) in [5, 5.41) is 11.3. The fourth-order valence-corrected chi connectivity index (χ4v) is 3.42. The van der Waals surface area contributed by atoms with Gasteiger partial charge in [-0.2, -0.15) is 9.67 Å². The first-order valence-electron chi connectivity index (χ1n) is 8.83. The van der Waals surface area contributed by atoms with Gasteiger partial charge in [0, 0.05) is 6.04 Å². The molecule has 0 radical (unpaired) electrons. The van der Waals surface area contributed by atoms with Gasteiger partial charge in [0.25, 0.3) is 0 Å². The van der Waals surface area contributed by atoms with Gasteiger partial charge in [-0.15, -0.1) is 5.10 Å². The van der Waals surface area contributed by atoms with Crippen molar-refractivity contribution in [2.45, 2.75) is 31.7 Å². The molecule has 0 spiro atoms. The fourth-order valence-electron chi connectivity index (χ4n) is 3.42. The van der Waals surface area contributed by atoms with E-state index in [4.69, 9.17) is 4.74 Å². The maximum absolute atomic E-state index is 14.3. The number of nitrogens with zero attached hydrogens (tertiary/aromatic N) is 5. The Morgan fingerprint density at radius 2 is 2.04 bits per heavy atom. The van der Waals surface area contributed by atoms with Gasteiger partial charge in [0.15, 0.2) is 11.6 Å². The Morgan fingerprint density at radius 3 is 2.81 bits per heavy atom. The van der Waals surface area contributed by atoms with Crippen LogP contribution in [-0.4, -0.2) is 44.1 Å². The maximum atomic E-state index is 14.3. The number of nitrogens with one attached hydrogen (secondary N) is 1. The van der Waals surface area contributed by atoms with Crippen molar-refractivity contribution in [2.24, 2.45) is 5.92 Å². The van der Waals surface area contributed by atoms with Crippen LogP contribution in [0.1, 0.15) is 25.7 Å². The lowest BCUT2D eigenvalue weighted by atomic mass is 9.86. The molecule has 1 aromatic carbocycles. The van der Waals surface area contributed by atoms with Crippen molar-refractivity contribution in [1.29, 1.82) is 0 Å². The number of ether oxygens (including phenoxy) is 1. The number of methoxy groups -OCH3 is 1. The maximum Gasteiger partial charge on any atom is 0.308 e. The molecule has 0 amide bonds. The van der Waals surface area contributed by atoms with E-state index in [0.29, 0.717) is 17.0 Å². The van der Waals surface area contributed by atoms with Gasteiger partial charge in [-0.1, -0.05) is 17.3 Å². The fraction of sp³-hybridized carbons (Fsp3) is 0.389. The van der Waals surface area contributed by atoms with E-state index in [2.05, 4.69) is 25.6 Å². The molecule has 9 heteroatoms. The van der Waals surface area contributed by atoms with Gasteiger partial charge in [-0.3, -0.25) is 4.79 Å². The number of carbonyl (C=O) groups is 1. The third kappa shape index (κ3) is 3.44. The molecule has 0 saturated heterocycles. The van der Waals surface area contributed by atoms with Crippen LogP contribution in [0.15, 0.2) is 30.5 Å². The van der Waals surface area contributed by atoms with Crippen LogP contribution in [0.2, 0.25) is 0 Å². The first kappa shape index (κ1) is 17.3. The number of rotatable bonds is 4. The van der Waals surface area contributed by atoms with Crippen molar-refractivity contribution in [3.05, 3.63) is 36.3 Å². The van der Waals surface area contributed by atoms with Gasteiger partial charge < -0.3 is 10.1 Å². The summed E-state index contributed by atoms with van der Waals surface area (Å²) in [6.45, 7) is 0. The lowest BCUT2D eigenvalue weighted by Crippen LogP contribution is -2.30. The number of aromatic nitrogens is 5. The Labute approximate surface area is 154 Å². The molecule has 1 fully saturated rings. The number of carbonyl (C=O) groups excluding carboxylic acids is 1. The Kier molecular flexibility index (Phi) is 4.66.